The predicted molar refractivity (Wildman–Crippen MR) is 69.4 cm³/mol. The van der Waals surface area contributed by atoms with Crippen LogP contribution in [0.5, 0.6) is 0 Å². The van der Waals surface area contributed by atoms with Crippen LogP contribution in [0.15, 0.2) is 18.2 Å². The first kappa shape index (κ1) is 16.2. The molecule has 0 spiro atoms. The Bertz CT molecular complexity index is 632. The van der Waals surface area contributed by atoms with Crippen LogP contribution in [0.1, 0.15) is 22.3 Å². The number of non-ortho nitro benzene ring substituents is 1. The zero-order valence-corrected chi connectivity index (χ0v) is 11.6. The highest BCUT2D eigenvalue weighted by molar-refractivity contribution is 5.96. The second-order valence-electron chi connectivity index (χ2n) is 5.26. The molecule has 0 bridgehead atoms. The number of aryl methyl sites for hydroxylation is 1. The molecule has 9 heteroatoms. The van der Waals surface area contributed by atoms with Gasteiger partial charge in [-0.05, 0) is 18.6 Å². The summed E-state index contributed by atoms with van der Waals surface area (Å²) in [5.74, 6) is -0.687. The number of hydrogen-bond donors (Lipinski definition) is 1. The molecule has 0 aromatic heterocycles. The highest BCUT2D eigenvalue weighted by Gasteiger charge is 2.57. The maximum absolute atomic E-state index is 12.7. The van der Waals surface area contributed by atoms with E-state index >= 15 is 0 Å². The number of hydrogen-bond acceptors (Lipinski definition) is 4. The van der Waals surface area contributed by atoms with Gasteiger partial charge < -0.3 is 10.0 Å². The number of nitro benzene ring substituents is 1. The van der Waals surface area contributed by atoms with Gasteiger partial charge in [0.25, 0.3) is 11.6 Å². The Morgan fingerprint density at radius 1 is 1.45 bits per heavy atom. The normalized spacial score (nSPS) is 22.0. The summed E-state index contributed by atoms with van der Waals surface area (Å²) in [5.41, 5.74) is -2.74. The van der Waals surface area contributed by atoms with Gasteiger partial charge in [-0.25, -0.2) is 0 Å². The monoisotopic (exact) mass is 318 g/mol. The number of carbonyl (C=O) groups is 1. The first-order chi connectivity index (χ1) is 10.0. The van der Waals surface area contributed by atoms with Crippen molar-refractivity contribution in [3.05, 3.63) is 39.4 Å². The molecule has 0 saturated carbocycles. The Balaban J connectivity index is 2.22. The van der Waals surface area contributed by atoms with E-state index in [-0.39, 0.29) is 17.8 Å². The lowest BCUT2D eigenvalue weighted by Crippen LogP contribution is -2.48. The number of rotatable bonds is 2. The minimum atomic E-state index is -4.81. The maximum Gasteiger partial charge on any atom is 0.419 e. The summed E-state index contributed by atoms with van der Waals surface area (Å²) in [6, 6.07) is 3.51. The molecule has 1 unspecified atom stereocenters. The van der Waals surface area contributed by atoms with Crippen LogP contribution in [0.2, 0.25) is 0 Å². The number of halogens is 3. The van der Waals surface area contributed by atoms with Crippen LogP contribution in [-0.4, -0.2) is 45.7 Å². The number of aliphatic hydroxyl groups is 1. The van der Waals surface area contributed by atoms with Crippen molar-refractivity contribution >= 4 is 11.6 Å². The number of nitro groups is 1. The Labute approximate surface area is 123 Å². The van der Waals surface area contributed by atoms with Gasteiger partial charge in [0.2, 0.25) is 0 Å². The molecule has 22 heavy (non-hydrogen) atoms. The molecule has 6 nitrogen and oxygen atoms in total. The Hall–Kier alpha value is -2.16. The molecule has 1 N–H and O–H groups in total. The van der Waals surface area contributed by atoms with Crippen molar-refractivity contribution in [2.45, 2.75) is 25.1 Å². The van der Waals surface area contributed by atoms with E-state index in [2.05, 4.69) is 0 Å². The molecular weight excluding hydrogens is 305 g/mol. The fourth-order valence-electron chi connectivity index (χ4n) is 2.37. The molecule has 0 aliphatic carbocycles. The van der Waals surface area contributed by atoms with Gasteiger partial charge >= 0.3 is 6.18 Å². The van der Waals surface area contributed by atoms with Crippen LogP contribution in [0.4, 0.5) is 18.9 Å². The first-order valence-electron chi connectivity index (χ1n) is 6.38. The van der Waals surface area contributed by atoms with Crippen molar-refractivity contribution in [2.75, 3.05) is 13.1 Å². The number of carbonyl (C=O) groups excluding carboxylic acids is 1. The number of nitrogens with zero attached hydrogens (tertiary/aromatic N) is 2. The van der Waals surface area contributed by atoms with Gasteiger partial charge in [0.05, 0.1) is 11.5 Å². The molecular formula is C13H13F3N2O4. The van der Waals surface area contributed by atoms with E-state index in [1.165, 1.54) is 19.1 Å². The van der Waals surface area contributed by atoms with Gasteiger partial charge in [-0.15, -0.1) is 0 Å². The number of benzene rings is 1. The van der Waals surface area contributed by atoms with Crippen LogP contribution in [0.25, 0.3) is 0 Å². The van der Waals surface area contributed by atoms with Crippen molar-refractivity contribution in [1.29, 1.82) is 0 Å². The molecule has 120 valence electrons. The quantitative estimate of drug-likeness (QED) is 0.668. The van der Waals surface area contributed by atoms with Gasteiger partial charge in [-0.2, -0.15) is 13.2 Å². The summed E-state index contributed by atoms with van der Waals surface area (Å²) in [7, 11) is 0. The zero-order valence-electron chi connectivity index (χ0n) is 11.6. The minimum absolute atomic E-state index is 0.0806. The van der Waals surface area contributed by atoms with Crippen molar-refractivity contribution in [2.24, 2.45) is 0 Å². The number of alkyl halides is 3. The molecule has 1 aliphatic heterocycles. The summed E-state index contributed by atoms with van der Waals surface area (Å²) in [5, 5.41) is 20.2. The standard InChI is InChI=1S/C13H13F3N2O4/c1-8-6-9(18(21)22)2-3-10(8)11(19)17-5-4-12(20,7-17)13(14,15)16/h2-3,6,20H,4-5,7H2,1H3. The minimum Gasteiger partial charge on any atom is -0.379 e. The summed E-state index contributed by atoms with van der Waals surface area (Å²) in [4.78, 5) is 23.2. The molecule has 1 saturated heterocycles. The lowest BCUT2D eigenvalue weighted by molar-refractivity contribution is -0.384. The maximum atomic E-state index is 12.7. The van der Waals surface area contributed by atoms with Crippen LogP contribution < -0.4 is 0 Å². The SMILES string of the molecule is Cc1cc([N+](=O)[O-])ccc1C(=O)N1CCC(O)(C(F)(F)F)C1. The fraction of sp³-hybridized carbons (Fsp3) is 0.462. The van der Waals surface area contributed by atoms with Gasteiger partial charge in [0, 0.05) is 30.7 Å². The van der Waals surface area contributed by atoms with E-state index in [0.29, 0.717) is 5.56 Å². The average molecular weight is 318 g/mol. The summed E-state index contributed by atoms with van der Waals surface area (Å²) in [6.45, 7) is 0.392. The van der Waals surface area contributed by atoms with Crippen molar-refractivity contribution in [1.82, 2.24) is 4.90 Å². The Kier molecular flexibility index (Phi) is 3.86. The van der Waals surface area contributed by atoms with Crippen LogP contribution in [-0.2, 0) is 0 Å². The molecule has 1 amide bonds. The van der Waals surface area contributed by atoms with E-state index in [4.69, 9.17) is 0 Å². The van der Waals surface area contributed by atoms with Crippen molar-refractivity contribution in [3.8, 4) is 0 Å². The zero-order chi connectivity index (χ0) is 16.7. The molecule has 0 radical (unpaired) electrons. The highest BCUT2D eigenvalue weighted by Crippen LogP contribution is 2.38. The third-order valence-corrected chi connectivity index (χ3v) is 3.71. The number of likely N-dealkylation sites (tertiary alicyclic amines) is 1. The summed E-state index contributed by atoms with van der Waals surface area (Å²) < 4.78 is 38.2. The highest BCUT2D eigenvalue weighted by atomic mass is 19.4. The van der Waals surface area contributed by atoms with Crippen LogP contribution in [0, 0.1) is 17.0 Å². The summed E-state index contributed by atoms with van der Waals surface area (Å²) in [6.07, 6.45) is -5.40. The Morgan fingerprint density at radius 3 is 2.55 bits per heavy atom. The third-order valence-electron chi connectivity index (χ3n) is 3.71. The van der Waals surface area contributed by atoms with Crippen molar-refractivity contribution < 1.29 is 28.0 Å². The largest absolute Gasteiger partial charge is 0.419 e. The van der Waals surface area contributed by atoms with Gasteiger partial charge in [-0.3, -0.25) is 14.9 Å². The predicted octanol–water partition coefficient (Wildman–Crippen LogP) is 2.04. The second-order valence-corrected chi connectivity index (χ2v) is 5.26. The third kappa shape index (κ3) is 2.76. The fourth-order valence-corrected chi connectivity index (χ4v) is 2.37. The second kappa shape index (κ2) is 5.24. The molecule has 1 aromatic rings. The lowest BCUT2D eigenvalue weighted by Gasteiger charge is -2.26. The number of β-amino-alcohol motifs (C(OH)–C–C–N with tert-alkyl or cyclic N) is 1. The molecule has 1 atom stereocenters. The molecule has 1 fully saturated rings. The number of amides is 1. The molecule has 2 rings (SSSR count). The van der Waals surface area contributed by atoms with Gasteiger partial charge in [-0.1, -0.05) is 0 Å². The van der Waals surface area contributed by atoms with Crippen LogP contribution >= 0.6 is 0 Å². The first-order valence-corrected chi connectivity index (χ1v) is 6.38. The van der Waals surface area contributed by atoms with Crippen LogP contribution in [0.3, 0.4) is 0 Å². The van der Waals surface area contributed by atoms with E-state index in [1.807, 2.05) is 0 Å². The van der Waals surface area contributed by atoms with E-state index in [9.17, 15) is 33.2 Å². The average Bonchev–Trinajstić information content (AvgIpc) is 2.81. The molecule has 1 aromatic carbocycles. The Morgan fingerprint density at radius 2 is 2.09 bits per heavy atom. The molecule has 1 heterocycles. The van der Waals surface area contributed by atoms with Crippen molar-refractivity contribution in [3.63, 3.8) is 0 Å². The topological polar surface area (TPSA) is 83.7 Å². The smallest absolute Gasteiger partial charge is 0.379 e. The van der Waals surface area contributed by atoms with E-state index in [1.54, 1.807) is 0 Å². The lowest BCUT2D eigenvalue weighted by atomic mass is 10.0. The van der Waals surface area contributed by atoms with E-state index in [0.717, 1.165) is 11.0 Å². The summed E-state index contributed by atoms with van der Waals surface area (Å²) >= 11 is 0. The molecule has 1 aliphatic rings. The van der Waals surface area contributed by atoms with Gasteiger partial charge in [0.15, 0.2) is 5.60 Å². The van der Waals surface area contributed by atoms with E-state index < -0.39 is 35.6 Å². The van der Waals surface area contributed by atoms with Gasteiger partial charge in [0.1, 0.15) is 0 Å².